The Bertz CT molecular complexity index is 798. The Balaban J connectivity index is 1.53. The molecular formula is C25H34O4. The van der Waals surface area contributed by atoms with Gasteiger partial charge in [-0.05, 0) is 56.6 Å². The zero-order chi connectivity index (χ0) is 20.8. The zero-order valence-corrected chi connectivity index (χ0v) is 18.1. The van der Waals surface area contributed by atoms with Crippen LogP contribution < -0.4 is 0 Å². The molecule has 4 rings (SSSR count). The highest BCUT2D eigenvalue weighted by molar-refractivity contribution is 5.70. The van der Waals surface area contributed by atoms with Gasteiger partial charge in [-0.2, -0.15) is 0 Å². The van der Waals surface area contributed by atoms with Crippen molar-refractivity contribution in [1.82, 2.24) is 0 Å². The van der Waals surface area contributed by atoms with Gasteiger partial charge in [-0.15, -0.1) is 0 Å². The molecule has 1 aromatic rings. The Labute approximate surface area is 174 Å². The fourth-order valence-corrected chi connectivity index (χ4v) is 5.80. The highest BCUT2D eigenvalue weighted by Gasteiger charge is 2.68. The highest BCUT2D eigenvalue weighted by atomic mass is 16.6. The number of ether oxygens (including phenoxy) is 2. The summed E-state index contributed by atoms with van der Waals surface area (Å²) in [5, 5.41) is 10.9. The van der Waals surface area contributed by atoms with E-state index in [9.17, 15) is 9.90 Å². The standard InChI is InChI=1S/C25H34O4/c1-16(2)25-15-20(26)24(4,29-25)19-14-13-17(3)22(19)23(25)28-21(27)12-8-11-18-9-6-5-7-10-18/h5-7,9-10,16,19-20,23,26H,8,11-15H2,1-4H3/t19-,20-,23+,24+,25-/m1/s1. The molecule has 2 aliphatic heterocycles. The quantitative estimate of drug-likeness (QED) is 0.562. The summed E-state index contributed by atoms with van der Waals surface area (Å²) >= 11 is 0. The lowest BCUT2D eigenvalue weighted by Crippen LogP contribution is -2.58. The van der Waals surface area contributed by atoms with Gasteiger partial charge in [-0.3, -0.25) is 4.79 Å². The van der Waals surface area contributed by atoms with Crippen LogP contribution in [0.5, 0.6) is 0 Å². The summed E-state index contributed by atoms with van der Waals surface area (Å²) < 4.78 is 12.8. The van der Waals surface area contributed by atoms with Crippen LogP contribution in [0.1, 0.15) is 65.4 Å². The smallest absolute Gasteiger partial charge is 0.306 e. The maximum absolute atomic E-state index is 12.8. The second-order valence-electron chi connectivity index (χ2n) is 9.65. The number of aryl methyl sites for hydroxylation is 1. The van der Waals surface area contributed by atoms with E-state index in [2.05, 4.69) is 32.9 Å². The Morgan fingerprint density at radius 3 is 2.72 bits per heavy atom. The minimum absolute atomic E-state index is 0.133. The second-order valence-corrected chi connectivity index (χ2v) is 9.65. The van der Waals surface area contributed by atoms with Crippen molar-refractivity contribution in [3.05, 3.63) is 47.0 Å². The molecule has 2 fully saturated rings. The van der Waals surface area contributed by atoms with Gasteiger partial charge < -0.3 is 14.6 Å². The number of hydrogen-bond acceptors (Lipinski definition) is 4. The second kappa shape index (κ2) is 7.55. The van der Waals surface area contributed by atoms with Crippen LogP contribution in [0.25, 0.3) is 0 Å². The summed E-state index contributed by atoms with van der Waals surface area (Å²) in [5.41, 5.74) is 2.56. The normalized spacial score (nSPS) is 35.9. The Hall–Kier alpha value is -1.65. The Kier molecular flexibility index (Phi) is 5.37. The number of aliphatic hydroxyl groups is 1. The monoisotopic (exact) mass is 398 g/mol. The maximum atomic E-state index is 12.8. The van der Waals surface area contributed by atoms with Crippen LogP contribution in [0.3, 0.4) is 0 Å². The third kappa shape index (κ3) is 3.34. The maximum Gasteiger partial charge on any atom is 0.306 e. The van der Waals surface area contributed by atoms with Gasteiger partial charge in [0.15, 0.2) is 6.10 Å². The third-order valence-electron chi connectivity index (χ3n) is 7.59. The first-order valence-electron chi connectivity index (χ1n) is 11.1. The van der Waals surface area contributed by atoms with Crippen LogP contribution >= 0.6 is 0 Å². The molecule has 5 atom stereocenters. The molecule has 1 aromatic carbocycles. The number of rotatable bonds is 6. The number of allylic oxidation sites excluding steroid dienone is 1. The summed E-state index contributed by atoms with van der Waals surface area (Å²) in [7, 11) is 0. The van der Waals surface area contributed by atoms with Crippen molar-refractivity contribution in [3.63, 3.8) is 0 Å². The van der Waals surface area contributed by atoms with E-state index in [0.29, 0.717) is 12.8 Å². The van der Waals surface area contributed by atoms with E-state index in [1.54, 1.807) is 0 Å². The van der Waals surface area contributed by atoms with E-state index < -0.39 is 17.3 Å². The van der Waals surface area contributed by atoms with E-state index in [1.807, 2.05) is 25.1 Å². The average Bonchev–Trinajstić information content (AvgIpc) is 3.18. The molecule has 0 amide bonds. The minimum Gasteiger partial charge on any atom is -0.455 e. The fraction of sp³-hybridized carbons (Fsp3) is 0.640. The average molecular weight is 399 g/mol. The van der Waals surface area contributed by atoms with Crippen LogP contribution in [0.2, 0.25) is 0 Å². The van der Waals surface area contributed by atoms with Gasteiger partial charge in [0, 0.05) is 18.8 Å². The predicted molar refractivity (Wildman–Crippen MR) is 112 cm³/mol. The van der Waals surface area contributed by atoms with E-state index in [1.165, 1.54) is 16.7 Å². The largest absolute Gasteiger partial charge is 0.455 e. The Morgan fingerprint density at radius 2 is 2.03 bits per heavy atom. The fourth-order valence-electron chi connectivity index (χ4n) is 5.80. The minimum atomic E-state index is -0.638. The van der Waals surface area contributed by atoms with Crippen molar-refractivity contribution in [1.29, 1.82) is 0 Å². The molecule has 0 radical (unpaired) electrons. The molecule has 158 valence electrons. The molecule has 1 aliphatic carbocycles. The van der Waals surface area contributed by atoms with Gasteiger partial charge in [0.2, 0.25) is 0 Å². The molecule has 4 nitrogen and oxygen atoms in total. The topological polar surface area (TPSA) is 55.8 Å². The first-order chi connectivity index (χ1) is 13.8. The molecule has 2 bridgehead atoms. The molecule has 0 spiro atoms. The number of benzene rings is 1. The Morgan fingerprint density at radius 1 is 1.31 bits per heavy atom. The van der Waals surface area contributed by atoms with Gasteiger partial charge >= 0.3 is 5.97 Å². The van der Waals surface area contributed by atoms with Crippen molar-refractivity contribution in [2.24, 2.45) is 11.8 Å². The lowest BCUT2D eigenvalue weighted by atomic mass is 9.74. The first kappa shape index (κ1) is 20.6. The third-order valence-corrected chi connectivity index (χ3v) is 7.59. The number of hydrogen-bond donors (Lipinski definition) is 1. The van der Waals surface area contributed by atoms with Crippen LogP contribution in [0, 0.1) is 11.8 Å². The molecule has 29 heavy (non-hydrogen) atoms. The SMILES string of the molecule is CC1=C2[C@@H](CC1)[C@]1(C)O[C@@](C(C)C)(C[C@H]1O)[C@H]2OC(=O)CCCc1ccccc1. The van der Waals surface area contributed by atoms with Crippen molar-refractivity contribution >= 4 is 5.97 Å². The number of carbonyl (C=O) groups excluding carboxylic acids is 1. The molecule has 0 aromatic heterocycles. The predicted octanol–water partition coefficient (Wildman–Crippen LogP) is 4.60. The summed E-state index contributed by atoms with van der Waals surface area (Å²) in [6, 6.07) is 10.2. The van der Waals surface area contributed by atoms with Crippen molar-refractivity contribution in [2.45, 2.75) is 89.6 Å². The van der Waals surface area contributed by atoms with Gasteiger partial charge in [-0.1, -0.05) is 49.8 Å². The van der Waals surface area contributed by atoms with E-state index >= 15 is 0 Å². The molecule has 2 saturated heterocycles. The van der Waals surface area contributed by atoms with Gasteiger partial charge in [-0.25, -0.2) is 0 Å². The summed E-state index contributed by atoms with van der Waals surface area (Å²) in [6.45, 7) is 8.42. The summed E-state index contributed by atoms with van der Waals surface area (Å²) in [6.07, 6.45) is 3.60. The van der Waals surface area contributed by atoms with Crippen LogP contribution in [0.15, 0.2) is 41.5 Å². The molecule has 0 unspecified atom stereocenters. The van der Waals surface area contributed by atoms with Crippen LogP contribution in [0.4, 0.5) is 0 Å². The number of esters is 1. The molecule has 3 aliphatic rings. The van der Waals surface area contributed by atoms with Crippen LogP contribution in [-0.2, 0) is 20.7 Å². The van der Waals surface area contributed by atoms with Crippen molar-refractivity contribution < 1.29 is 19.4 Å². The van der Waals surface area contributed by atoms with Crippen molar-refractivity contribution in [3.8, 4) is 0 Å². The van der Waals surface area contributed by atoms with E-state index in [0.717, 1.165) is 25.7 Å². The van der Waals surface area contributed by atoms with Gasteiger partial charge in [0.1, 0.15) is 5.60 Å². The highest BCUT2D eigenvalue weighted by Crippen LogP contribution is 2.60. The number of carbonyl (C=O) groups is 1. The van der Waals surface area contributed by atoms with Gasteiger partial charge in [0.05, 0.1) is 11.7 Å². The lowest BCUT2D eigenvalue weighted by Gasteiger charge is -2.50. The van der Waals surface area contributed by atoms with Crippen LogP contribution in [-0.4, -0.2) is 34.5 Å². The summed E-state index contributed by atoms with van der Waals surface area (Å²) in [4.78, 5) is 12.8. The van der Waals surface area contributed by atoms with E-state index in [4.69, 9.17) is 9.47 Å². The molecule has 1 N–H and O–H groups in total. The number of aliphatic hydroxyl groups excluding tert-OH is 1. The van der Waals surface area contributed by atoms with Crippen molar-refractivity contribution in [2.75, 3.05) is 0 Å². The van der Waals surface area contributed by atoms with E-state index in [-0.39, 0.29) is 23.9 Å². The first-order valence-corrected chi connectivity index (χ1v) is 11.1. The molecule has 0 saturated carbocycles. The number of fused-ring (bicyclic) bond motifs is 4. The summed E-state index contributed by atoms with van der Waals surface area (Å²) in [5.74, 6) is 0.113. The molecular weight excluding hydrogens is 364 g/mol. The zero-order valence-electron chi connectivity index (χ0n) is 18.1. The molecule has 4 heteroatoms. The molecule has 2 heterocycles. The lowest BCUT2D eigenvalue weighted by molar-refractivity contribution is -0.222. The van der Waals surface area contributed by atoms with Gasteiger partial charge in [0.25, 0.3) is 0 Å².